The lowest BCUT2D eigenvalue weighted by molar-refractivity contribution is -0.132. The number of fused-ring (bicyclic) bond motifs is 1. The number of amides is 2. The Morgan fingerprint density at radius 1 is 0.981 bits per heavy atom. The molecule has 1 atom stereocenters. The van der Waals surface area contributed by atoms with Crippen LogP contribution in [0.25, 0.3) is 0 Å². The number of hydrogen-bond acceptors (Lipinski definition) is 12. The standard InChI is InChI=1S/C38H46N6O8S/c1-6-50-33-24-29(49-5)11-13-34(33)53(47,48)44-32-12-10-27(25-39)23-31(32)38(36(44)45,30-9-8-16-40-35(30)51-7-2)52-37(46)43-21-19-42(20-22-43)28-14-17-41(18-15-28)26(3)4/h8-13,16,23-24,26,28H,6-7,14-15,17-22H2,1-5H3. The summed E-state index contributed by atoms with van der Waals surface area (Å²) >= 11 is 0. The fraction of sp³-hybridized carbons (Fsp3) is 0.474. The summed E-state index contributed by atoms with van der Waals surface area (Å²) in [6, 6.07) is 14.3. The van der Waals surface area contributed by atoms with Crippen molar-refractivity contribution in [3.8, 4) is 23.4 Å². The van der Waals surface area contributed by atoms with Gasteiger partial charge < -0.3 is 28.7 Å². The second-order valence-corrected chi connectivity index (χ2v) is 15.1. The van der Waals surface area contributed by atoms with Gasteiger partial charge in [-0.1, -0.05) is 0 Å². The highest BCUT2D eigenvalue weighted by Crippen LogP contribution is 2.52. The molecule has 1 aromatic heterocycles. The van der Waals surface area contributed by atoms with E-state index < -0.39 is 27.6 Å². The number of benzene rings is 2. The number of hydrogen-bond donors (Lipinski definition) is 0. The lowest BCUT2D eigenvalue weighted by atomic mass is 9.87. The highest BCUT2D eigenvalue weighted by atomic mass is 32.2. The Kier molecular flexibility index (Phi) is 11.1. The third-order valence-corrected chi connectivity index (χ3v) is 11.9. The topological polar surface area (TPSA) is 155 Å². The Bertz CT molecular complexity index is 1990. The molecule has 2 amide bonds. The predicted octanol–water partition coefficient (Wildman–Crippen LogP) is 4.37. The van der Waals surface area contributed by atoms with Gasteiger partial charge in [-0.2, -0.15) is 9.57 Å². The molecular formula is C38H46N6O8S. The van der Waals surface area contributed by atoms with Crippen LogP contribution in [-0.4, -0.2) is 112 Å². The minimum atomic E-state index is -4.75. The van der Waals surface area contributed by atoms with E-state index in [9.17, 15) is 18.5 Å². The molecule has 0 bridgehead atoms. The lowest BCUT2D eigenvalue weighted by Gasteiger charge is -2.43. The highest BCUT2D eigenvalue weighted by Gasteiger charge is 2.61. The number of anilines is 1. The molecule has 282 valence electrons. The Morgan fingerprint density at radius 2 is 1.70 bits per heavy atom. The number of methoxy groups -OCH3 is 1. The van der Waals surface area contributed by atoms with Gasteiger partial charge in [-0.05, 0) is 96.1 Å². The molecule has 3 aliphatic heterocycles. The van der Waals surface area contributed by atoms with Crippen LogP contribution < -0.4 is 18.5 Å². The molecule has 1 unspecified atom stereocenters. The van der Waals surface area contributed by atoms with Crippen LogP contribution in [0.3, 0.4) is 0 Å². The summed E-state index contributed by atoms with van der Waals surface area (Å²) in [4.78, 5) is 40.0. The SMILES string of the molecule is CCOc1cc(OC)ccc1S(=O)(=O)N1C(=O)C(OC(=O)N2CCN(C3CCN(C(C)C)CC3)CC2)(c2cccnc2OCC)c2cc(C#N)ccc21. The van der Waals surface area contributed by atoms with E-state index in [0.717, 1.165) is 25.9 Å². The van der Waals surface area contributed by atoms with Crippen molar-refractivity contribution in [3.63, 3.8) is 0 Å². The number of nitriles is 1. The number of sulfonamides is 1. The first-order valence-corrected chi connectivity index (χ1v) is 19.4. The Hall–Kier alpha value is -4.91. The van der Waals surface area contributed by atoms with Gasteiger partial charge in [0.25, 0.3) is 21.5 Å². The molecule has 15 heteroatoms. The summed E-state index contributed by atoms with van der Waals surface area (Å²) in [6.07, 6.45) is 2.73. The summed E-state index contributed by atoms with van der Waals surface area (Å²) in [7, 11) is -3.31. The number of carbonyl (C=O) groups excluding carboxylic acids is 2. The van der Waals surface area contributed by atoms with Crippen molar-refractivity contribution in [1.82, 2.24) is 19.7 Å². The monoisotopic (exact) mass is 746 g/mol. The van der Waals surface area contributed by atoms with Crippen molar-refractivity contribution < 1.29 is 37.0 Å². The fourth-order valence-electron chi connectivity index (χ4n) is 7.42. The molecular weight excluding hydrogens is 701 g/mol. The highest BCUT2D eigenvalue weighted by molar-refractivity contribution is 7.93. The summed E-state index contributed by atoms with van der Waals surface area (Å²) in [5.74, 6) is -0.812. The first kappa shape index (κ1) is 37.8. The van der Waals surface area contributed by atoms with E-state index in [1.807, 2.05) is 0 Å². The van der Waals surface area contributed by atoms with Crippen molar-refractivity contribution in [1.29, 1.82) is 5.26 Å². The molecule has 2 fully saturated rings. The van der Waals surface area contributed by atoms with Crippen LogP contribution in [0.1, 0.15) is 57.2 Å². The predicted molar refractivity (Wildman–Crippen MR) is 196 cm³/mol. The van der Waals surface area contributed by atoms with Crippen LogP contribution in [-0.2, 0) is 25.2 Å². The second kappa shape index (κ2) is 15.6. The van der Waals surface area contributed by atoms with Crippen LogP contribution in [0, 0.1) is 11.3 Å². The molecule has 3 aliphatic rings. The van der Waals surface area contributed by atoms with Gasteiger partial charge in [-0.25, -0.2) is 18.2 Å². The second-order valence-electron chi connectivity index (χ2n) is 13.4. The molecule has 0 aliphatic carbocycles. The maximum Gasteiger partial charge on any atom is 0.411 e. The molecule has 0 spiro atoms. The minimum absolute atomic E-state index is 0.0181. The molecule has 0 N–H and O–H groups in total. The summed E-state index contributed by atoms with van der Waals surface area (Å²) in [5.41, 5.74) is -2.37. The average Bonchev–Trinajstić information content (AvgIpc) is 3.42. The van der Waals surface area contributed by atoms with E-state index in [4.69, 9.17) is 18.9 Å². The van der Waals surface area contributed by atoms with Gasteiger partial charge in [0.05, 0.1) is 43.2 Å². The van der Waals surface area contributed by atoms with Gasteiger partial charge >= 0.3 is 6.09 Å². The van der Waals surface area contributed by atoms with E-state index in [0.29, 0.717) is 48.3 Å². The zero-order valence-electron chi connectivity index (χ0n) is 30.8. The normalized spacial score (nSPS) is 19.9. The van der Waals surface area contributed by atoms with Crippen LogP contribution in [0.4, 0.5) is 10.5 Å². The molecule has 53 heavy (non-hydrogen) atoms. The van der Waals surface area contributed by atoms with E-state index in [2.05, 4.69) is 34.7 Å². The van der Waals surface area contributed by atoms with Crippen LogP contribution >= 0.6 is 0 Å². The maximum absolute atomic E-state index is 15.2. The molecule has 4 heterocycles. The van der Waals surface area contributed by atoms with Gasteiger partial charge in [0.15, 0.2) is 0 Å². The maximum atomic E-state index is 15.2. The molecule has 0 radical (unpaired) electrons. The number of piperazine rings is 1. The number of ether oxygens (including phenoxy) is 4. The van der Waals surface area contributed by atoms with E-state index in [1.54, 1.807) is 19.9 Å². The van der Waals surface area contributed by atoms with Crippen molar-refractivity contribution in [3.05, 3.63) is 71.4 Å². The molecule has 6 rings (SSSR count). The number of carbonyl (C=O) groups is 2. The minimum Gasteiger partial charge on any atom is -0.497 e. The number of rotatable bonds is 11. The molecule has 0 saturated carbocycles. The number of aromatic nitrogens is 1. The summed E-state index contributed by atoms with van der Waals surface area (Å²) < 4.78 is 53.3. The number of pyridine rings is 1. The molecule has 14 nitrogen and oxygen atoms in total. The zero-order chi connectivity index (χ0) is 37.9. The number of piperidine rings is 1. The lowest BCUT2D eigenvalue weighted by Crippen LogP contribution is -2.56. The number of likely N-dealkylation sites (tertiary alicyclic amines) is 1. The Labute approximate surface area is 310 Å². The third-order valence-electron chi connectivity index (χ3n) is 10.2. The Morgan fingerprint density at radius 3 is 2.34 bits per heavy atom. The van der Waals surface area contributed by atoms with Gasteiger partial charge in [-0.3, -0.25) is 9.69 Å². The van der Waals surface area contributed by atoms with Crippen molar-refractivity contribution >= 4 is 27.7 Å². The van der Waals surface area contributed by atoms with E-state index in [1.165, 1.54) is 60.7 Å². The first-order valence-electron chi connectivity index (χ1n) is 18.0. The largest absolute Gasteiger partial charge is 0.497 e. The quantitative estimate of drug-likeness (QED) is 0.274. The van der Waals surface area contributed by atoms with Crippen LogP contribution in [0.2, 0.25) is 0 Å². The Balaban J connectivity index is 1.41. The van der Waals surface area contributed by atoms with Gasteiger partial charge in [0, 0.05) is 56.1 Å². The van der Waals surface area contributed by atoms with Crippen LogP contribution in [0.5, 0.6) is 17.4 Å². The average molecular weight is 747 g/mol. The van der Waals surface area contributed by atoms with E-state index in [-0.39, 0.29) is 52.1 Å². The van der Waals surface area contributed by atoms with Gasteiger partial charge in [0.1, 0.15) is 16.4 Å². The smallest absolute Gasteiger partial charge is 0.411 e. The van der Waals surface area contributed by atoms with Crippen LogP contribution in [0.15, 0.2) is 59.6 Å². The molecule has 3 aromatic rings. The van der Waals surface area contributed by atoms with Gasteiger partial charge in [0.2, 0.25) is 5.88 Å². The first-order chi connectivity index (χ1) is 25.5. The number of nitrogens with zero attached hydrogens (tertiary/aromatic N) is 6. The van der Waals surface area contributed by atoms with Crippen molar-refractivity contribution in [2.75, 3.05) is 63.9 Å². The van der Waals surface area contributed by atoms with Gasteiger partial charge in [-0.15, -0.1) is 0 Å². The van der Waals surface area contributed by atoms with E-state index >= 15 is 4.79 Å². The molecule has 2 saturated heterocycles. The summed E-state index contributed by atoms with van der Waals surface area (Å²) in [5, 5.41) is 9.97. The fourth-order valence-corrected chi connectivity index (χ4v) is 9.00. The van der Waals surface area contributed by atoms with Crippen molar-refractivity contribution in [2.24, 2.45) is 0 Å². The molecule has 2 aromatic carbocycles. The zero-order valence-corrected chi connectivity index (χ0v) is 31.6. The summed E-state index contributed by atoms with van der Waals surface area (Å²) in [6.45, 7) is 12.1. The van der Waals surface area contributed by atoms with Crippen molar-refractivity contribution in [2.45, 2.75) is 63.1 Å². The third kappa shape index (κ3) is 6.98.